The molecule has 5 nitrogen and oxygen atoms in total. The van der Waals surface area contributed by atoms with E-state index in [4.69, 9.17) is 9.47 Å². The third kappa shape index (κ3) is 2.00. The average Bonchev–Trinajstić information content (AvgIpc) is 2.18. The van der Waals surface area contributed by atoms with E-state index in [9.17, 15) is 10.1 Å². The van der Waals surface area contributed by atoms with Crippen molar-refractivity contribution in [3.63, 3.8) is 0 Å². The van der Waals surface area contributed by atoms with Crippen molar-refractivity contribution in [2.75, 3.05) is 14.2 Å². The summed E-state index contributed by atoms with van der Waals surface area (Å²) < 4.78 is 9.88. The number of nitro groups is 1. The molecule has 0 fully saturated rings. The summed E-state index contributed by atoms with van der Waals surface area (Å²) in [7, 11) is 2.95. The fourth-order valence-corrected chi connectivity index (χ4v) is 1.21. The largest absolute Gasteiger partial charge is 0.496 e. The molecule has 5 heteroatoms. The van der Waals surface area contributed by atoms with Gasteiger partial charge in [-0.1, -0.05) is 6.07 Å². The summed E-state index contributed by atoms with van der Waals surface area (Å²) in [6, 6.07) is 4.67. The van der Waals surface area contributed by atoms with Crippen molar-refractivity contribution in [1.29, 1.82) is 0 Å². The highest BCUT2D eigenvalue weighted by Crippen LogP contribution is 2.28. The molecule has 0 radical (unpaired) electrons. The van der Waals surface area contributed by atoms with Gasteiger partial charge in [-0.3, -0.25) is 10.1 Å². The maximum Gasteiger partial charge on any atom is 0.278 e. The van der Waals surface area contributed by atoms with Gasteiger partial charge in [0.2, 0.25) is 0 Å². The fraction of sp³-hybridized carbons (Fsp3) is 0.333. The van der Waals surface area contributed by atoms with Gasteiger partial charge in [0, 0.05) is 13.2 Å². The quantitative estimate of drug-likeness (QED) is 0.545. The number of rotatable bonds is 4. The molecule has 0 heterocycles. The standard InChI is InChI=1S/C9H11NO4/c1-13-6-7-8(10(11)12)4-3-5-9(7)14-2/h3-5H,6H2,1-2H3. The summed E-state index contributed by atoms with van der Waals surface area (Å²) in [4.78, 5) is 10.2. The minimum Gasteiger partial charge on any atom is -0.496 e. The number of methoxy groups -OCH3 is 2. The smallest absolute Gasteiger partial charge is 0.278 e. The molecule has 76 valence electrons. The van der Waals surface area contributed by atoms with Crippen molar-refractivity contribution in [3.8, 4) is 5.75 Å². The predicted molar refractivity (Wildman–Crippen MR) is 50.4 cm³/mol. The minimum absolute atomic E-state index is 0.0196. The molecular weight excluding hydrogens is 186 g/mol. The number of nitro benzene ring substituents is 1. The summed E-state index contributed by atoms with van der Waals surface area (Å²) in [5, 5.41) is 10.7. The van der Waals surface area contributed by atoms with Crippen LogP contribution in [0, 0.1) is 10.1 Å². The van der Waals surface area contributed by atoms with Gasteiger partial charge in [-0.15, -0.1) is 0 Å². The van der Waals surface area contributed by atoms with Crippen LogP contribution in [-0.4, -0.2) is 19.1 Å². The number of ether oxygens (including phenoxy) is 2. The number of hydrogen-bond acceptors (Lipinski definition) is 4. The zero-order chi connectivity index (χ0) is 10.6. The van der Waals surface area contributed by atoms with E-state index < -0.39 is 4.92 Å². The zero-order valence-electron chi connectivity index (χ0n) is 8.02. The Balaban J connectivity index is 3.20. The van der Waals surface area contributed by atoms with Crippen molar-refractivity contribution in [1.82, 2.24) is 0 Å². The summed E-state index contributed by atoms with van der Waals surface area (Å²) in [6.07, 6.45) is 0. The normalized spacial score (nSPS) is 9.86. The molecule has 0 aliphatic carbocycles. The molecule has 0 aromatic heterocycles. The van der Waals surface area contributed by atoms with Crippen molar-refractivity contribution < 1.29 is 14.4 Å². The Bertz CT molecular complexity index is 338. The topological polar surface area (TPSA) is 61.6 Å². The second-order valence-corrected chi connectivity index (χ2v) is 2.65. The molecule has 14 heavy (non-hydrogen) atoms. The van der Waals surface area contributed by atoms with Crippen molar-refractivity contribution >= 4 is 5.69 Å². The molecule has 0 bridgehead atoms. The van der Waals surface area contributed by atoms with Crippen LogP contribution >= 0.6 is 0 Å². The molecule has 0 saturated carbocycles. The Morgan fingerprint density at radius 3 is 2.64 bits per heavy atom. The number of benzene rings is 1. The van der Waals surface area contributed by atoms with Crippen molar-refractivity contribution in [2.45, 2.75) is 6.61 Å². The molecule has 0 atom stereocenters. The Hall–Kier alpha value is -1.62. The third-order valence-electron chi connectivity index (χ3n) is 1.81. The second-order valence-electron chi connectivity index (χ2n) is 2.65. The molecule has 1 rings (SSSR count). The van der Waals surface area contributed by atoms with E-state index in [-0.39, 0.29) is 12.3 Å². The zero-order valence-corrected chi connectivity index (χ0v) is 8.02. The van der Waals surface area contributed by atoms with E-state index in [2.05, 4.69) is 0 Å². The minimum atomic E-state index is -0.448. The molecule has 0 aliphatic heterocycles. The maximum absolute atomic E-state index is 10.7. The van der Waals surface area contributed by atoms with Crippen LogP contribution in [0.1, 0.15) is 5.56 Å². The van der Waals surface area contributed by atoms with Crippen LogP contribution in [-0.2, 0) is 11.3 Å². The molecule has 0 saturated heterocycles. The predicted octanol–water partition coefficient (Wildman–Crippen LogP) is 1.75. The molecule has 0 amide bonds. The van der Waals surface area contributed by atoms with E-state index in [1.54, 1.807) is 12.1 Å². The first-order valence-electron chi connectivity index (χ1n) is 4.00. The lowest BCUT2D eigenvalue weighted by Crippen LogP contribution is -1.99. The van der Waals surface area contributed by atoms with E-state index in [0.29, 0.717) is 11.3 Å². The third-order valence-corrected chi connectivity index (χ3v) is 1.81. The van der Waals surface area contributed by atoms with Gasteiger partial charge in [0.1, 0.15) is 5.75 Å². The van der Waals surface area contributed by atoms with Crippen LogP contribution in [0.15, 0.2) is 18.2 Å². The molecule has 0 N–H and O–H groups in total. The highest BCUT2D eigenvalue weighted by atomic mass is 16.6. The van der Waals surface area contributed by atoms with Crippen molar-refractivity contribution in [2.24, 2.45) is 0 Å². The highest BCUT2D eigenvalue weighted by Gasteiger charge is 2.17. The first kappa shape index (κ1) is 10.5. The van der Waals surface area contributed by atoms with Crippen molar-refractivity contribution in [3.05, 3.63) is 33.9 Å². The average molecular weight is 197 g/mol. The van der Waals surface area contributed by atoms with Crippen LogP contribution in [0.25, 0.3) is 0 Å². The van der Waals surface area contributed by atoms with E-state index in [0.717, 1.165) is 0 Å². The monoisotopic (exact) mass is 197 g/mol. The van der Waals surface area contributed by atoms with Crippen LogP contribution in [0.3, 0.4) is 0 Å². The van der Waals surface area contributed by atoms with Gasteiger partial charge >= 0.3 is 0 Å². The molecular formula is C9H11NO4. The Morgan fingerprint density at radius 1 is 1.43 bits per heavy atom. The first-order valence-corrected chi connectivity index (χ1v) is 4.00. The Morgan fingerprint density at radius 2 is 2.14 bits per heavy atom. The molecule has 1 aromatic rings. The van der Waals surface area contributed by atoms with Crippen LogP contribution < -0.4 is 4.74 Å². The highest BCUT2D eigenvalue weighted by molar-refractivity contribution is 5.48. The van der Waals surface area contributed by atoms with Gasteiger partial charge < -0.3 is 9.47 Å². The number of hydrogen-bond donors (Lipinski definition) is 0. The SMILES string of the molecule is COCc1c(OC)cccc1[N+](=O)[O-]. The number of nitrogens with zero attached hydrogens (tertiary/aromatic N) is 1. The van der Waals surface area contributed by atoms with Gasteiger partial charge in [-0.2, -0.15) is 0 Å². The summed E-state index contributed by atoms with van der Waals surface area (Å²) in [6.45, 7) is 0.167. The molecule has 0 unspecified atom stereocenters. The van der Waals surface area contributed by atoms with Gasteiger partial charge in [0.15, 0.2) is 0 Å². The van der Waals surface area contributed by atoms with Crippen LogP contribution in [0.2, 0.25) is 0 Å². The van der Waals surface area contributed by atoms with Crippen LogP contribution in [0.4, 0.5) is 5.69 Å². The fourth-order valence-electron chi connectivity index (χ4n) is 1.21. The van der Waals surface area contributed by atoms with E-state index in [1.165, 1.54) is 20.3 Å². The first-order chi connectivity index (χ1) is 6.70. The summed E-state index contributed by atoms with van der Waals surface area (Å²) >= 11 is 0. The van der Waals surface area contributed by atoms with Gasteiger partial charge in [0.25, 0.3) is 5.69 Å². The lowest BCUT2D eigenvalue weighted by Gasteiger charge is -2.07. The molecule has 0 aliphatic rings. The Kier molecular flexibility index (Phi) is 3.41. The summed E-state index contributed by atoms with van der Waals surface area (Å²) in [5.41, 5.74) is 0.480. The molecule has 0 spiro atoms. The summed E-state index contributed by atoms with van der Waals surface area (Å²) in [5.74, 6) is 0.473. The van der Waals surface area contributed by atoms with Gasteiger partial charge in [0.05, 0.1) is 24.2 Å². The van der Waals surface area contributed by atoms with E-state index in [1.807, 2.05) is 0 Å². The lowest BCUT2D eigenvalue weighted by atomic mass is 10.1. The second kappa shape index (κ2) is 4.57. The lowest BCUT2D eigenvalue weighted by molar-refractivity contribution is -0.386. The van der Waals surface area contributed by atoms with Gasteiger partial charge in [-0.05, 0) is 6.07 Å². The Labute approximate surface area is 81.4 Å². The van der Waals surface area contributed by atoms with Crippen LogP contribution in [0.5, 0.6) is 5.75 Å². The van der Waals surface area contributed by atoms with E-state index >= 15 is 0 Å². The van der Waals surface area contributed by atoms with Gasteiger partial charge in [-0.25, -0.2) is 0 Å². The maximum atomic E-state index is 10.7. The molecule has 1 aromatic carbocycles.